The predicted octanol–water partition coefficient (Wildman–Crippen LogP) is 2.49. The quantitative estimate of drug-likeness (QED) is 0.728. The largest absolute Gasteiger partial charge is 0.345 e. The number of imidazole rings is 1. The minimum absolute atomic E-state index is 0.493. The molecule has 0 aliphatic heterocycles. The minimum Gasteiger partial charge on any atom is -0.345 e. The van der Waals surface area contributed by atoms with Crippen molar-refractivity contribution in [1.29, 1.82) is 0 Å². The van der Waals surface area contributed by atoms with Crippen molar-refractivity contribution in [3.8, 4) is 11.4 Å². The van der Waals surface area contributed by atoms with E-state index in [1.54, 1.807) is 6.33 Å². The fourth-order valence-corrected chi connectivity index (χ4v) is 1.92. The second-order valence-corrected chi connectivity index (χ2v) is 4.36. The first-order valence-electron chi connectivity index (χ1n) is 5.67. The number of nitrogens with one attached hydrogen (secondary N) is 1. The van der Waals surface area contributed by atoms with Crippen LogP contribution < -0.4 is 0 Å². The maximum Gasteiger partial charge on any atom is 0.230 e. The van der Waals surface area contributed by atoms with Gasteiger partial charge in [0.25, 0.3) is 0 Å². The third-order valence-corrected chi connectivity index (χ3v) is 3.05. The molecule has 4 rings (SSSR count). The van der Waals surface area contributed by atoms with Crippen molar-refractivity contribution < 1.29 is 4.52 Å². The van der Waals surface area contributed by atoms with Crippen LogP contribution in [0.1, 0.15) is 24.7 Å². The normalized spacial score (nSPS) is 15.5. The zero-order valence-corrected chi connectivity index (χ0v) is 9.05. The second-order valence-electron chi connectivity index (χ2n) is 4.36. The first kappa shape index (κ1) is 8.92. The number of hydrogen-bond donors (Lipinski definition) is 1. The zero-order valence-electron chi connectivity index (χ0n) is 9.05. The van der Waals surface area contributed by atoms with Gasteiger partial charge in [-0.15, -0.1) is 0 Å². The number of rotatable bonds is 2. The van der Waals surface area contributed by atoms with E-state index >= 15 is 0 Å². The van der Waals surface area contributed by atoms with Crippen LogP contribution in [0, 0.1) is 0 Å². The number of H-pyrrole nitrogens is 1. The molecule has 3 aromatic rings. The summed E-state index contributed by atoms with van der Waals surface area (Å²) in [6.45, 7) is 0. The molecule has 0 amide bonds. The third-order valence-electron chi connectivity index (χ3n) is 3.05. The van der Waals surface area contributed by atoms with Gasteiger partial charge in [0, 0.05) is 11.5 Å². The Hall–Kier alpha value is -2.17. The molecular weight excluding hydrogens is 216 g/mol. The minimum atomic E-state index is 0.493. The number of aromatic nitrogens is 4. The van der Waals surface area contributed by atoms with Gasteiger partial charge in [-0.1, -0.05) is 5.16 Å². The van der Waals surface area contributed by atoms with Crippen molar-refractivity contribution in [2.75, 3.05) is 0 Å². The van der Waals surface area contributed by atoms with Gasteiger partial charge in [-0.3, -0.25) is 0 Å². The maximum absolute atomic E-state index is 5.25. The Bertz CT molecular complexity index is 680. The molecule has 0 radical (unpaired) electrons. The smallest absolute Gasteiger partial charge is 0.230 e. The molecule has 0 unspecified atom stereocenters. The van der Waals surface area contributed by atoms with Gasteiger partial charge >= 0.3 is 0 Å². The first-order valence-corrected chi connectivity index (χ1v) is 5.67. The first-order chi connectivity index (χ1) is 8.40. The molecule has 1 aromatic carbocycles. The fraction of sp³-hybridized carbons (Fsp3) is 0.250. The lowest BCUT2D eigenvalue weighted by atomic mass is 10.2. The average Bonchev–Trinajstić information content (AvgIpc) is 2.93. The highest BCUT2D eigenvalue weighted by atomic mass is 16.5. The number of fused-ring (bicyclic) bond motifs is 1. The van der Waals surface area contributed by atoms with Crippen molar-refractivity contribution in [3.05, 3.63) is 30.4 Å². The van der Waals surface area contributed by atoms with E-state index in [4.69, 9.17) is 4.52 Å². The molecule has 2 heterocycles. The molecule has 84 valence electrons. The van der Waals surface area contributed by atoms with E-state index in [9.17, 15) is 0 Å². The average molecular weight is 226 g/mol. The zero-order chi connectivity index (χ0) is 11.2. The van der Waals surface area contributed by atoms with Gasteiger partial charge in [-0.05, 0) is 31.0 Å². The molecular formula is C12H10N4O. The number of aromatic amines is 1. The van der Waals surface area contributed by atoms with Crippen LogP contribution in [0.2, 0.25) is 0 Å². The molecule has 0 saturated heterocycles. The molecule has 1 saturated carbocycles. The monoisotopic (exact) mass is 226 g/mol. The van der Waals surface area contributed by atoms with Gasteiger partial charge in [-0.25, -0.2) is 4.98 Å². The van der Waals surface area contributed by atoms with E-state index in [0.717, 1.165) is 22.5 Å². The van der Waals surface area contributed by atoms with Crippen LogP contribution in [-0.2, 0) is 0 Å². The van der Waals surface area contributed by atoms with Crippen molar-refractivity contribution in [2.45, 2.75) is 18.8 Å². The van der Waals surface area contributed by atoms with E-state index in [1.807, 2.05) is 18.2 Å². The van der Waals surface area contributed by atoms with Crippen LogP contribution >= 0.6 is 0 Å². The summed E-state index contributed by atoms with van der Waals surface area (Å²) in [5.41, 5.74) is 2.89. The van der Waals surface area contributed by atoms with Gasteiger partial charge in [0.2, 0.25) is 11.7 Å². The predicted molar refractivity (Wildman–Crippen MR) is 61.4 cm³/mol. The van der Waals surface area contributed by atoms with E-state index in [-0.39, 0.29) is 0 Å². The highest BCUT2D eigenvalue weighted by molar-refractivity contribution is 5.79. The summed E-state index contributed by atoms with van der Waals surface area (Å²) in [5, 5.41) is 4.02. The van der Waals surface area contributed by atoms with Crippen molar-refractivity contribution in [3.63, 3.8) is 0 Å². The number of hydrogen-bond acceptors (Lipinski definition) is 4. The van der Waals surface area contributed by atoms with Crippen LogP contribution in [0.5, 0.6) is 0 Å². The summed E-state index contributed by atoms with van der Waals surface area (Å²) >= 11 is 0. The summed E-state index contributed by atoms with van der Waals surface area (Å²) in [4.78, 5) is 11.7. The summed E-state index contributed by atoms with van der Waals surface area (Å²) in [5.74, 6) is 1.92. The van der Waals surface area contributed by atoms with Crippen LogP contribution in [0.4, 0.5) is 0 Å². The Labute approximate surface area is 96.9 Å². The molecule has 5 nitrogen and oxygen atoms in total. The molecule has 0 atom stereocenters. The standard InChI is InChI=1S/C12H10N4O/c1-2-7(1)12-15-11(16-17-12)8-3-4-9-10(5-8)14-6-13-9/h3-7H,1-2H2,(H,13,14). The molecule has 2 aromatic heterocycles. The van der Waals surface area contributed by atoms with E-state index in [1.165, 1.54) is 12.8 Å². The highest BCUT2D eigenvalue weighted by Gasteiger charge is 2.29. The van der Waals surface area contributed by atoms with Crippen molar-refractivity contribution in [1.82, 2.24) is 20.1 Å². The third kappa shape index (κ3) is 1.43. The van der Waals surface area contributed by atoms with Gasteiger partial charge in [-0.2, -0.15) is 4.98 Å². The fourth-order valence-electron chi connectivity index (χ4n) is 1.92. The Morgan fingerprint density at radius 1 is 1.29 bits per heavy atom. The van der Waals surface area contributed by atoms with Crippen LogP contribution in [0.15, 0.2) is 29.0 Å². The molecule has 1 aliphatic rings. The van der Waals surface area contributed by atoms with E-state index in [2.05, 4.69) is 20.1 Å². The summed E-state index contributed by atoms with van der Waals surface area (Å²) in [6.07, 6.45) is 4.02. The Morgan fingerprint density at radius 2 is 2.24 bits per heavy atom. The molecule has 1 aliphatic carbocycles. The maximum atomic E-state index is 5.25. The number of benzene rings is 1. The SMILES string of the molecule is c1nc2ccc(-c3noc(C4CC4)n3)cc2[nH]1. The molecule has 1 fully saturated rings. The van der Waals surface area contributed by atoms with E-state index in [0.29, 0.717) is 11.7 Å². The Balaban J connectivity index is 1.80. The van der Waals surface area contributed by atoms with Crippen molar-refractivity contribution >= 4 is 11.0 Å². The molecule has 1 N–H and O–H groups in total. The molecule has 5 heteroatoms. The second kappa shape index (κ2) is 3.16. The lowest BCUT2D eigenvalue weighted by molar-refractivity contribution is 0.380. The summed E-state index contributed by atoms with van der Waals surface area (Å²) < 4.78 is 5.25. The summed E-state index contributed by atoms with van der Waals surface area (Å²) in [6, 6.07) is 5.91. The van der Waals surface area contributed by atoms with Crippen LogP contribution in [0.25, 0.3) is 22.4 Å². The van der Waals surface area contributed by atoms with Crippen LogP contribution in [-0.4, -0.2) is 20.1 Å². The Kier molecular flexibility index (Phi) is 1.66. The topological polar surface area (TPSA) is 67.6 Å². The van der Waals surface area contributed by atoms with E-state index < -0.39 is 0 Å². The van der Waals surface area contributed by atoms with Gasteiger partial charge < -0.3 is 9.51 Å². The van der Waals surface area contributed by atoms with Gasteiger partial charge in [0.1, 0.15) is 0 Å². The van der Waals surface area contributed by atoms with Gasteiger partial charge in [0.15, 0.2) is 0 Å². The lowest BCUT2D eigenvalue weighted by Crippen LogP contribution is -1.82. The molecule has 17 heavy (non-hydrogen) atoms. The summed E-state index contributed by atoms with van der Waals surface area (Å²) in [7, 11) is 0. The lowest BCUT2D eigenvalue weighted by Gasteiger charge is -1.93. The van der Waals surface area contributed by atoms with Gasteiger partial charge in [0.05, 0.1) is 17.4 Å². The van der Waals surface area contributed by atoms with Crippen molar-refractivity contribution in [2.24, 2.45) is 0 Å². The highest BCUT2D eigenvalue weighted by Crippen LogP contribution is 2.39. The molecule has 0 bridgehead atoms. The van der Waals surface area contributed by atoms with Crippen LogP contribution in [0.3, 0.4) is 0 Å². The number of nitrogens with zero attached hydrogens (tertiary/aromatic N) is 3. The Morgan fingerprint density at radius 3 is 3.12 bits per heavy atom. The molecule has 0 spiro atoms.